The summed E-state index contributed by atoms with van der Waals surface area (Å²) in [6.45, 7) is 0.967. The molecule has 16 heavy (non-hydrogen) atoms. The topological polar surface area (TPSA) is 38.0 Å². The standard InChI is InChI=1S/C13H12N2O/c14-9-13-7-4-8-15(13)11-16-10-12-5-2-1-3-6-12/h1-8H,10-11H2. The van der Waals surface area contributed by atoms with Crippen molar-refractivity contribution in [3.63, 3.8) is 0 Å². The molecule has 3 nitrogen and oxygen atoms in total. The second-order valence-electron chi connectivity index (χ2n) is 3.44. The zero-order chi connectivity index (χ0) is 11.2. The Morgan fingerprint density at radius 1 is 1.12 bits per heavy atom. The molecule has 0 atom stereocenters. The van der Waals surface area contributed by atoms with Gasteiger partial charge in [-0.3, -0.25) is 0 Å². The van der Waals surface area contributed by atoms with Gasteiger partial charge in [-0.05, 0) is 17.7 Å². The van der Waals surface area contributed by atoms with Crippen molar-refractivity contribution in [2.75, 3.05) is 0 Å². The highest BCUT2D eigenvalue weighted by atomic mass is 16.5. The smallest absolute Gasteiger partial charge is 0.123 e. The third kappa shape index (κ3) is 2.50. The number of hydrogen-bond donors (Lipinski definition) is 0. The van der Waals surface area contributed by atoms with Crippen molar-refractivity contribution in [3.05, 3.63) is 59.9 Å². The highest BCUT2D eigenvalue weighted by molar-refractivity contribution is 5.21. The average Bonchev–Trinajstić information content (AvgIpc) is 2.78. The Labute approximate surface area is 94.5 Å². The second kappa shape index (κ2) is 5.15. The quantitative estimate of drug-likeness (QED) is 0.781. The summed E-state index contributed by atoms with van der Waals surface area (Å²) >= 11 is 0. The maximum absolute atomic E-state index is 8.80. The summed E-state index contributed by atoms with van der Waals surface area (Å²) in [7, 11) is 0. The van der Waals surface area contributed by atoms with Gasteiger partial charge in [0.15, 0.2) is 0 Å². The van der Waals surface area contributed by atoms with Gasteiger partial charge >= 0.3 is 0 Å². The lowest BCUT2D eigenvalue weighted by molar-refractivity contribution is 0.0637. The lowest BCUT2D eigenvalue weighted by Crippen LogP contribution is -2.03. The van der Waals surface area contributed by atoms with E-state index < -0.39 is 0 Å². The molecule has 2 rings (SSSR count). The first kappa shape index (κ1) is 10.5. The molecule has 0 saturated heterocycles. The first-order valence-corrected chi connectivity index (χ1v) is 5.07. The molecule has 0 aliphatic carbocycles. The van der Waals surface area contributed by atoms with Crippen molar-refractivity contribution < 1.29 is 4.74 Å². The van der Waals surface area contributed by atoms with Crippen LogP contribution in [-0.4, -0.2) is 4.57 Å². The van der Waals surface area contributed by atoms with Crippen molar-refractivity contribution in [2.45, 2.75) is 13.3 Å². The van der Waals surface area contributed by atoms with Gasteiger partial charge in [0.25, 0.3) is 0 Å². The van der Waals surface area contributed by atoms with Gasteiger partial charge in [0.2, 0.25) is 0 Å². The number of hydrogen-bond acceptors (Lipinski definition) is 2. The fourth-order valence-electron chi connectivity index (χ4n) is 1.46. The fourth-order valence-corrected chi connectivity index (χ4v) is 1.46. The molecule has 0 spiro atoms. The van der Waals surface area contributed by atoms with Crippen LogP contribution in [0.15, 0.2) is 48.7 Å². The third-order valence-electron chi connectivity index (χ3n) is 2.29. The van der Waals surface area contributed by atoms with E-state index in [0.717, 1.165) is 5.56 Å². The molecule has 80 valence electrons. The molecule has 1 aromatic carbocycles. The van der Waals surface area contributed by atoms with Crippen molar-refractivity contribution in [3.8, 4) is 6.07 Å². The zero-order valence-corrected chi connectivity index (χ0v) is 8.84. The molecule has 0 unspecified atom stereocenters. The van der Waals surface area contributed by atoms with Gasteiger partial charge in [-0.15, -0.1) is 0 Å². The number of nitrogens with zero attached hydrogens (tertiary/aromatic N) is 2. The van der Waals surface area contributed by atoms with Crippen LogP contribution < -0.4 is 0 Å². The van der Waals surface area contributed by atoms with Crippen LogP contribution in [0.1, 0.15) is 11.3 Å². The molecule has 1 aromatic heterocycles. The number of aromatic nitrogens is 1. The van der Waals surface area contributed by atoms with Crippen LogP contribution in [0.3, 0.4) is 0 Å². The van der Waals surface area contributed by atoms with Gasteiger partial charge in [-0.2, -0.15) is 5.26 Å². The van der Waals surface area contributed by atoms with Crippen LogP contribution in [0.25, 0.3) is 0 Å². The molecular weight excluding hydrogens is 200 g/mol. The van der Waals surface area contributed by atoms with Gasteiger partial charge in [0, 0.05) is 6.20 Å². The van der Waals surface area contributed by atoms with E-state index in [1.54, 1.807) is 10.6 Å². The van der Waals surface area contributed by atoms with E-state index in [1.807, 2.05) is 42.6 Å². The SMILES string of the molecule is N#Cc1cccn1COCc1ccccc1. The summed E-state index contributed by atoms with van der Waals surface area (Å²) in [5, 5.41) is 8.80. The molecule has 0 radical (unpaired) electrons. The molecule has 0 amide bonds. The largest absolute Gasteiger partial charge is 0.356 e. The molecule has 1 heterocycles. The predicted molar refractivity (Wildman–Crippen MR) is 60.4 cm³/mol. The normalized spacial score (nSPS) is 9.94. The van der Waals surface area contributed by atoms with E-state index in [4.69, 9.17) is 10.00 Å². The van der Waals surface area contributed by atoms with Crippen LogP contribution in [0.5, 0.6) is 0 Å². The lowest BCUT2D eigenvalue weighted by atomic mass is 10.2. The molecule has 0 saturated carbocycles. The van der Waals surface area contributed by atoms with Crippen LogP contribution in [0, 0.1) is 11.3 Å². The Bertz CT molecular complexity index is 482. The Hall–Kier alpha value is -2.05. The van der Waals surface area contributed by atoms with Gasteiger partial charge in [0.1, 0.15) is 18.5 Å². The maximum atomic E-state index is 8.80. The van der Waals surface area contributed by atoms with E-state index in [9.17, 15) is 0 Å². The summed E-state index contributed by atoms with van der Waals surface area (Å²) in [4.78, 5) is 0. The lowest BCUT2D eigenvalue weighted by Gasteiger charge is -2.06. The monoisotopic (exact) mass is 212 g/mol. The van der Waals surface area contributed by atoms with E-state index in [2.05, 4.69) is 6.07 Å². The number of ether oxygens (including phenoxy) is 1. The van der Waals surface area contributed by atoms with Crippen molar-refractivity contribution in [2.24, 2.45) is 0 Å². The molecule has 0 aliphatic rings. The van der Waals surface area contributed by atoms with Crippen LogP contribution in [-0.2, 0) is 18.1 Å². The third-order valence-corrected chi connectivity index (χ3v) is 2.29. The summed E-state index contributed by atoms with van der Waals surface area (Å²) in [6.07, 6.45) is 1.84. The van der Waals surface area contributed by atoms with Gasteiger partial charge in [-0.25, -0.2) is 0 Å². The Morgan fingerprint density at radius 2 is 1.94 bits per heavy atom. The van der Waals surface area contributed by atoms with Crippen LogP contribution in [0.4, 0.5) is 0 Å². The minimum Gasteiger partial charge on any atom is -0.356 e. The molecular formula is C13H12N2O. The first-order valence-electron chi connectivity index (χ1n) is 5.07. The van der Waals surface area contributed by atoms with E-state index in [-0.39, 0.29) is 0 Å². The average molecular weight is 212 g/mol. The second-order valence-corrected chi connectivity index (χ2v) is 3.44. The fraction of sp³-hybridized carbons (Fsp3) is 0.154. The summed E-state index contributed by atoms with van der Waals surface area (Å²) < 4.78 is 7.30. The highest BCUT2D eigenvalue weighted by Gasteiger charge is 1.98. The van der Waals surface area contributed by atoms with E-state index >= 15 is 0 Å². The Balaban J connectivity index is 1.88. The summed E-state index contributed by atoms with van der Waals surface area (Å²) in [5.41, 5.74) is 1.75. The molecule has 0 N–H and O–H groups in total. The molecule has 2 aromatic rings. The minimum absolute atomic E-state index is 0.408. The van der Waals surface area contributed by atoms with Crippen LogP contribution in [0.2, 0.25) is 0 Å². The summed E-state index contributed by atoms with van der Waals surface area (Å²) in [6, 6.07) is 15.7. The molecule has 3 heteroatoms. The van der Waals surface area contributed by atoms with Crippen LogP contribution >= 0.6 is 0 Å². The summed E-state index contributed by atoms with van der Waals surface area (Å²) in [5.74, 6) is 0. The van der Waals surface area contributed by atoms with E-state index in [1.165, 1.54) is 0 Å². The molecule has 0 fully saturated rings. The van der Waals surface area contributed by atoms with Gasteiger partial charge < -0.3 is 9.30 Å². The number of rotatable bonds is 4. The van der Waals surface area contributed by atoms with Crippen molar-refractivity contribution in [1.82, 2.24) is 4.57 Å². The zero-order valence-electron chi connectivity index (χ0n) is 8.84. The maximum Gasteiger partial charge on any atom is 0.123 e. The van der Waals surface area contributed by atoms with Crippen molar-refractivity contribution >= 4 is 0 Å². The predicted octanol–water partition coefficient (Wildman–Crippen LogP) is 2.53. The number of nitriles is 1. The molecule has 0 aliphatic heterocycles. The highest BCUT2D eigenvalue weighted by Crippen LogP contribution is 2.04. The Kier molecular flexibility index (Phi) is 3.37. The Morgan fingerprint density at radius 3 is 2.69 bits per heavy atom. The van der Waals surface area contributed by atoms with Crippen molar-refractivity contribution in [1.29, 1.82) is 5.26 Å². The van der Waals surface area contributed by atoms with Gasteiger partial charge in [0.05, 0.1) is 6.61 Å². The minimum atomic E-state index is 0.408. The van der Waals surface area contributed by atoms with E-state index in [0.29, 0.717) is 19.0 Å². The van der Waals surface area contributed by atoms with Gasteiger partial charge in [-0.1, -0.05) is 30.3 Å². The number of benzene rings is 1. The molecule has 0 bridgehead atoms. The first-order chi connectivity index (χ1) is 7.90.